The molecule has 0 radical (unpaired) electrons. The zero-order chi connectivity index (χ0) is 13.1. The Morgan fingerprint density at radius 3 is 2.72 bits per heavy atom. The Balaban J connectivity index is 2.15. The zero-order valence-electron chi connectivity index (χ0n) is 11.5. The first-order valence-electron chi connectivity index (χ1n) is 6.89. The molecule has 3 unspecified atom stereocenters. The quantitative estimate of drug-likeness (QED) is 0.916. The topological polar surface area (TPSA) is 15.3 Å². The molecule has 3 heteroatoms. The average molecular weight is 311 g/mol. The Bertz CT molecular complexity index is 394. The average Bonchev–Trinajstić information content (AvgIpc) is 2.37. The predicted octanol–water partition coefficient (Wildman–Crippen LogP) is 3.66. The van der Waals surface area contributed by atoms with Crippen molar-refractivity contribution in [1.82, 2.24) is 5.32 Å². The molecule has 2 rings (SSSR count). The van der Waals surface area contributed by atoms with Gasteiger partial charge in [0.1, 0.15) is 0 Å². The van der Waals surface area contributed by atoms with Crippen LogP contribution in [-0.2, 0) is 0 Å². The first-order valence-corrected chi connectivity index (χ1v) is 7.69. The molecule has 2 nitrogen and oxygen atoms in total. The minimum atomic E-state index is 0.571. The molecule has 0 aliphatic carbocycles. The van der Waals surface area contributed by atoms with Crippen LogP contribution in [0.5, 0.6) is 0 Å². The maximum absolute atomic E-state index is 3.67. The van der Waals surface area contributed by atoms with Crippen molar-refractivity contribution >= 4 is 21.6 Å². The lowest BCUT2D eigenvalue weighted by Crippen LogP contribution is -2.53. The Labute approximate surface area is 119 Å². The Hall–Kier alpha value is -0.540. The molecule has 18 heavy (non-hydrogen) atoms. The van der Waals surface area contributed by atoms with Crippen molar-refractivity contribution in [3.05, 3.63) is 28.7 Å². The van der Waals surface area contributed by atoms with Gasteiger partial charge in [0, 0.05) is 23.1 Å². The van der Waals surface area contributed by atoms with Gasteiger partial charge in [-0.15, -0.1) is 0 Å². The van der Waals surface area contributed by atoms with E-state index in [0.29, 0.717) is 18.0 Å². The van der Waals surface area contributed by atoms with Crippen molar-refractivity contribution in [3.8, 4) is 0 Å². The van der Waals surface area contributed by atoms with E-state index >= 15 is 0 Å². The summed E-state index contributed by atoms with van der Waals surface area (Å²) in [6.07, 6.45) is 1.22. The highest BCUT2D eigenvalue weighted by atomic mass is 79.9. The highest BCUT2D eigenvalue weighted by molar-refractivity contribution is 9.10. The van der Waals surface area contributed by atoms with E-state index in [1.807, 2.05) is 0 Å². The number of hydrogen-bond acceptors (Lipinski definition) is 2. The van der Waals surface area contributed by atoms with Gasteiger partial charge in [-0.3, -0.25) is 0 Å². The first-order chi connectivity index (χ1) is 8.65. The minimum absolute atomic E-state index is 0.571. The van der Waals surface area contributed by atoms with Crippen LogP contribution in [0.4, 0.5) is 5.69 Å². The summed E-state index contributed by atoms with van der Waals surface area (Å²) in [6, 6.07) is 9.76. The number of rotatable bonds is 3. The Morgan fingerprint density at radius 2 is 2.06 bits per heavy atom. The molecule has 1 aromatic carbocycles. The summed E-state index contributed by atoms with van der Waals surface area (Å²) in [5.41, 5.74) is 1.33. The molecule has 1 N–H and O–H groups in total. The lowest BCUT2D eigenvalue weighted by atomic mass is 9.86. The number of halogens is 1. The van der Waals surface area contributed by atoms with E-state index in [0.717, 1.165) is 13.1 Å². The molecule has 3 atom stereocenters. The third-order valence-corrected chi connectivity index (χ3v) is 4.87. The summed E-state index contributed by atoms with van der Waals surface area (Å²) >= 11 is 3.67. The molecule has 1 fully saturated rings. The largest absolute Gasteiger partial charge is 0.368 e. The van der Waals surface area contributed by atoms with E-state index in [4.69, 9.17) is 0 Å². The summed E-state index contributed by atoms with van der Waals surface area (Å²) in [5, 5.41) is 3.61. The summed E-state index contributed by atoms with van der Waals surface area (Å²) in [7, 11) is 0. The summed E-state index contributed by atoms with van der Waals surface area (Å²) < 4.78 is 1.20. The Morgan fingerprint density at radius 1 is 1.33 bits per heavy atom. The molecule has 1 heterocycles. The van der Waals surface area contributed by atoms with Crippen LogP contribution in [0.25, 0.3) is 0 Å². The van der Waals surface area contributed by atoms with Gasteiger partial charge in [0.15, 0.2) is 0 Å². The fourth-order valence-electron chi connectivity index (χ4n) is 2.94. The number of benzene rings is 1. The standard InChI is InChI=1S/C15H23BrN2/c1-4-17-14-9-10-18(12(3)11(14)2)15-8-6-5-7-13(15)16/h5-8,11-12,14,17H,4,9-10H2,1-3H3. The van der Waals surface area contributed by atoms with Crippen LogP contribution in [0.15, 0.2) is 28.7 Å². The van der Waals surface area contributed by atoms with E-state index in [1.54, 1.807) is 0 Å². The van der Waals surface area contributed by atoms with Gasteiger partial charge in [-0.25, -0.2) is 0 Å². The van der Waals surface area contributed by atoms with Gasteiger partial charge in [0.25, 0.3) is 0 Å². The van der Waals surface area contributed by atoms with Crippen molar-refractivity contribution < 1.29 is 0 Å². The zero-order valence-corrected chi connectivity index (χ0v) is 13.1. The summed E-state index contributed by atoms with van der Waals surface area (Å²) in [5.74, 6) is 0.672. The van der Waals surface area contributed by atoms with E-state index in [9.17, 15) is 0 Å². The second kappa shape index (κ2) is 6.07. The van der Waals surface area contributed by atoms with Crippen LogP contribution in [-0.4, -0.2) is 25.2 Å². The maximum atomic E-state index is 3.67. The number of para-hydroxylation sites is 1. The van der Waals surface area contributed by atoms with Gasteiger partial charge in [0.05, 0.1) is 5.69 Å². The lowest BCUT2D eigenvalue weighted by molar-refractivity contribution is 0.274. The molecule has 0 aromatic heterocycles. The van der Waals surface area contributed by atoms with Crippen LogP contribution in [0.2, 0.25) is 0 Å². The van der Waals surface area contributed by atoms with Gasteiger partial charge in [-0.05, 0) is 53.9 Å². The van der Waals surface area contributed by atoms with Gasteiger partial charge < -0.3 is 10.2 Å². The Kier molecular flexibility index (Phi) is 4.68. The van der Waals surface area contributed by atoms with Gasteiger partial charge >= 0.3 is 0 Å². The third-order valence-electron chi connectivity index (χ3n) is 4.20. The van der Waals surface area contributed by atoms with Gasteiger partial charge in [0.2, 0.25) is 0 Å². The van der Waals surface area contributed by atoms with Crippen molar-refractivity contribution in [2.75, 3.05) is 18.0 Å². The molecular weight excluding hydrogens is 288 g/mol. The molecule has 1 aliphatic heterocycles. The van der Waals surface area contributed by atoms with Crippen molar-refractivity contribution in [2.45, 2.75) is 39.3 Å². The smallest absolute Gasteiger partial charge is 0.0513 e. The first kappa shape index (κ1) is 13.9. The monoisotopic (exact) mass is 310 g/mol. The SMILES string of the molecule is CCNC1CCN(c2ccccc2Br)C(C)C1C. The van der Waals surface area contributed by atoms with Crippen LogP contribution < -0.4 is 10.2 Å². The predicted molar refractivity (Wildman–Crippen MR) is 82.2 cm³/mol. The molecule has 0 amide bonds. The lowest BCUT2D eigenvalue weighted by Gasteiger charge is -2.44. The summed E-state index contributed by atoms with van der Waals surface area (Å²) in [4.78, 5) is 2.53. The fraction of sp³-hybridized carbons (Fsp3) is 0.600. The fourth-order valence-corrected chi connectivity index (χ4v) is 3.45. The van der Waals surface area contributed by atoms with Crippen LogP contribution in [0.1, 0.15) is 27.2 Å². The highest BCUT2D eigenvalue weighted by Gasteiger charge is 2.32. The normalized spacial score (nSPS) is 28.4. The highest BCUT2D eigenvalue weighted by Crippen LogP contribution is 2.33. The van der Waals surface area contributed by atoms with E-state index < -0.39 is 0 Å². The molecule has 0 bridgehead atoms. The van der Waals surface area contributed by atoms with E-state index in [2.05, 4.69) is 71.2 Å². The number of anilines is 1. The van der Waals surface area contributed by atoms with Crippen LogP contribution in [0.3, 0.4) is 0 Å². The molecule has 100 valence electrons. The molecule has 0 saturated carbocycles. The van der Waals surface area contributed by atoms with Gasteiger partial charge in [-0.2, -0.15) is 0 Å². The number of nitrogens with one attached hydrogen (secondary N) is 1. The van der Waals surface area contributed by atoms with E-state index in [-0.39, 0.29) is 0 Å². The molecular formula is C15H23BrN2. The second-order valence-electron chi connectivity index (χ2n) is 5.20. The minimum Gasteiger partial charge on any atom is -0.368 e. The molecule has 0 spiro atoms. The maximum Gasteiger partial charge on any atom is 0.0513 e. The number of nitrogens with zero attached hydrogens (tertiary/aromatic N) is 1. The summed E-state index contributed by atoms with van der Waals surface area (Å²) in [6.45, 7) is 9.09. The molecule has 1 saturated heterocycles. The number of piperidine rings is 1. The van der Waals surface area contributed by atoms with Crippen molar-refractivity contribution in [2.24, 2.45) is 5.92 Å². The number of hydrogen-bond donors (Lipinski definition) is 1. The molecule has 1 aliphatic rings. The van der Waals surface area contributed by atoms with Crippen LogP contribution in [0, 0.1) is 5.92 Å². The van der Waals surface area contributed by atoms with Gasteiger partial charge in [-0.1, -0.05) is 26.0 Å². The third kappa shape index (κ3) is 2.72. The molecule has 1 aromatic rings. The van der Waals surface area contributed by atoms with Crippen LogP contribution >= 0.6 is 15.9 Å². The second-order valence-corrected chi connectivity index (χ2v) is 6.05. The van der Waals surface area contributed by atoms with Crippen molar-refractivity contribution in [1.29, 1.82) is 0 Å². The van der Waals surface area contributed by atoms with Crippen molar-refractivity contribution in [3.63, 3.8) is 0 Å². The van der Waals surface area contributed by atoms with E-state index in [1.165, 1.54) is 16.6 Å².